The van der Waals surface area contributed by atoms with Gasteiger partial charge in [-0.25, -0.2) is 0 Å². The lowest BCUT2D eigenvalue weighted by molar-refractivity contribution is 0.171. The monoisotopic (exact) mass is 340 g/mol. The van der Waals surface area contributed by atoms with Crippen LogP contribution in [0.2, 0.25) is 0 Å². The minimum Gasteiger partial charge on any atom is -0.486 e. The van der Waals surface area contributed by atoms with E-state index < -0.39 is 0 Å². The van der Waals surface area contributed by atoms with Crippen LogP contribution in [0, 0.1) is 5.92 Å². The molecule has 2 aliphatic heterocycles. The average Bonchev–Trinajstić information content (AvgIpc) is 2.87. The van der Waals surface area contributed by atoms with Gasteiger partial charge in [0.2, 0.25) is 0 Å². The highest BCUT2D eigenvalue weighted by Crippen LogP contribution is 2.36. The fourth-order valence-corrected chi connectivity index (χ4v) is 3.43. The van der Waals surface area contributed by atoms with Gasteiger partial charge in [-0.05, 0) is 50.2 Å². The van der Waals surface area contributed by atoms with E-state index in [9.17, 15) is 0 Å². The van der Waals surface area contributed by atoms with Crippen molar-refractivity contribution in [2.24, 2.45) is 5.92 Å². The Labute approximate surface area is 128 Å². The Hall–Kier alpha value is -0.780. The molecule has 2 heterocycles. The van der Waals surface area contributed by atoms with Crippen molar-refractivity contribution in [3.63, 3.8) is 0 Å². The molecule has 1 atom stereocenters. The number of benzene rings is 1. The zero-order valence-electron chi connectivity index (χ0n) is 11.8. The molecule has 1 unspecified atom stereocenters. The lowest BCUT2D eigenvalue weighted by Gasteiger charge is -2.22. The van der Waals surface area contributed by atoms with E-state index in [1.54, 1.807) is 0 Å². The van der Waals surface area contributed by atoms with E-state index in [4.69, 9.17) is 9.47 Å². The second-order valence-corrected chi connectivity index (χ2v) is 6.39. The number of nitrogens with zero attached hydrogens (tertiary/aromatic N) is 1. The lowest BCUT2D eigenvalue weighted by atomic mass is 10.1. The smallest absolute Gasteiger partial charge is 0.162 e. The van der Waals surface area contributed by atoms with Gasteiger partial charge in [0, 0.05) is 17.6 Å². The zero-order valence-corrected chi connectivity index (χ0v) is 13.4. The lowest BCUT2D eigenvalue weighted by Crippen LogP contribution is -2.24. The Kier molecular flexibility index (Phi) is 4.48. The summed E-state index contributed by atoms with van der Waals surface area (Å²) in [6.07, 6.45) is 1.28. The van der Waals surface area contributed by atoms with Crippen molar-refractivity contribution < 1.29 is 9.47 Å². The van der Waals surface area contributed by atoms with Gasteiger partial charge >= 0.3 is 0 Å². The minimum absolute atomic E-state index is 0.636. The van der Waals surface area contributed by atoms with E-state index in [-0.39, 0.29) is 0 Å². The second kappa shape index (κ2) is 6.33. The van der Waals surface area contributed by atoms with Gasteiger partial charge in [-0.3, -0.25) is 4.90 Å². The van der Waals surface area contributed by atoms with E-state index in [1.165, 1.54) is 25.1 Å². The molecule has 1 aromatic rings. The Morgan fingerprint density at radius 2 is 2.05 bits per heavy atom. The molecule has 0 aromatic heterocycles. The number of likely N-dealkylation sites (tertiary alicyclic amines) is 1. The van der Waals surface area contributed by atoms with Crippen LogP contribution in [0.5, 0.6) is 11.5 Å². The number of hydrogen-bond acceptors (Lipinski definition) is 4. The molecule has 1 aromatic carbocycles. The predicted octanol–water partition coefficient (Wildman–Crippen LogP) is 2.26. The molecule has 0 amide bonds. The molecule has 0 aliphatic carbocycles. The van der Waals surface area contributed by atoms with Crippen LogP contribution in [0.3, 0.4) is 0 Å². The number of rotatable bonds is 4. The molecule has 1 N–H and O–H groups in total. The first kappa shape index (κ1) is 14.2. The highest BCUT2D eigenvalue weighted by molar-refractivity contribution is 9.10. The highest BCUT2D eigenvalue weighted by atomic mass is 79.9. The first-order valence-corrected chi connectivity index (χ1v) is 8.00. The van der Waals surface area contributed by atoms with E-state index in [0.717, 1.165) is 35.0 Å². The molecule has 1 saturated heterocycles. The fraction of sp³-hybridized carbons (Fsp3) is 0.600. The number of nitrogens with one attached hydrogen (secondary N) is 1. The van der Waals surface area contributed by atoms with Crippen molar-refractivity contribution in [3.8, 4) is 11.5 Å². The summed E-state index contributed by atoms with van der Waals surface area (Å²) in [5, 5.41) is 3.27. The maximum atomic E-state index is 5.67. The molecule has 0 radical (unpaired) electrons. The van der Waals surface area contributed by atoms with E-state index in [1.807, 2.05) is 13.1 Å². The quantitative estimate of drug-likeness (QED) is 0.911. The SMILES string of the molecule is CNCC1CCN(Cc2cc3c(cc2Br)OCCO3)C1. The molecule has 0 saturated carbocycles. The van der Waals surface area contributed by atoms with Gasteiger partial charge in [-0.2, -0.15) is 0 Å². The van der Waals surface area contributed by atoms with Crippen LogP contribution >= 0.6 is 15.9 Å². The average molecular weight is 341 g/mol. The molecule has 20 heavy (non-hydrogen) atoms. The number of hydrogen-bond donors (Lipinski definition) is 1. The summed E-state index contributed by atoms with van der Waals surface area (Å²) in [6, 6.07) is 4.15. The molecule has 5 heteroatoms. The van der Waals surface area contributed by atoms with Gasteiger partial charge in [0.15, 0.2) is 11.5 Å². The van der Waals surface area contributed by atoms with Gasteiger partial charge < -0.3 is 14.8 Å². The van der Waals surface area contributed by atoms with Crippen LogP contribution in [0.25, 0.3) is 0 Å². The first-order valence-electron chi connectivity index (χ1n) is 7.21. The molecule has 0 bridgehead atoms. The molecule has 3 rings (SSSR count). The Morgan fingerprint density at radius 3 is 2.80 bits per heavy atom. The topological polar surface area (TPSA) is 33.7 Å². The summed E-state index contributed by atoms with van der Waals surface area (Å²) in [7, 11) is 2.03. The van der Waals surface area contributed by atoms with Crippen molar-refractivity contribution >= 4 is 15.9 Å². The van der Waals surface area contributed by atoms with Crippen LogP contribution in [0.1, 0.15) is 12.0 Å². The zero-order chi connectivity index (χ0) is 13.9. The number of fused-ring (bicyclic) bond motifs is 1. The van der Waals surface area contributed by atoms with Gasteiger partial charge in [-0.15, -0.1) is 0 Å². The van der Waals surface area contributed by atoms with Crippen LogP contribution in [0.4, 0.5) is 0 Å². The summed E-state index contributed by atoms with van der Waals surface area (Å²) < 4.78 is 12.4. The number of halogens is 1. The fourth-order valence-electron chi connectivity index (χ4n) is 2.98. The molecule has 2 aliphatic rings. The van der Waals surface area contributed by atoms with Crippen molar-refractivity contribution in [2.45, 2.75) is 13.0 Å². The molecular weight excluding hydrogens is 320 g/mol. The first-order chi connectivity index (χ1) is 9.76. The van der Waals surface area contributed by atoms with Crippen LogP contribution in [-0.2, 0) is 6.54 Å². The highest BCUT2D eigenvalue weighted by Gasteiger charge is 2.23. The normalized spacial score (nSPS) is 22.2. The molecule has 1 fully saturated rings. The van der Waals surface area contributed by atoms with Gasteiger partial charge in [0.05, 0.1) is 0 Å². The Bertz CT molecular complexity index is 481. The van der Waals surface area contributed by atoms with Crippen LogP contribution in [-0.4, -0.2) is 44.8 Å². The number of ether oxygens (including phenoxy) is 2. The molecular formula is C15H21BrN2O2. The van der Waals surface area contributed by atoms with Gasteiger partial charge in [-0.1, -0.05) is 15.9 Å². The van der Waals surface area contributed by atoms with E-state index in [2.05, 4.69) is 32.2 Å². The van der Waals surface area contributed by atoms with Gasteiger partial charge in [0.25, 0.3) is 0 Å². The molecule has 0 spiro atoms. The van der Waals surface area contributed by atoms with Crippen LogP contribution in [0.15, 0.2) is 16.6 Å². The second-order valence-electron chi connectivity index (χ2n) is 5.53. The maximum absolute atomic E-state index is 5.67. The van der Waals surface area contributed by atoms with Crippen molar-refractivity contribution in [2.75, 3.05) is 39.9 Å². The largest absolute Gasteiger partial charge is 0.486 e. The van der Waals surface area contributed by atoms with E-state index in [0.29, 0.717) is 13.2 Å². The maximum Gasteiger partial charge on any atom is 0.162 e. The molecule has 110 valence electrons. The summed E-state index contributed by atoms with van der Waals surface area (Å²) in [6.45, 7) is 5.70. The van der Waals surface area contributed by atoms with Crippen molar-refractivity contribution in [3.05, 3.63) is 22.2 Å². The summed E-state index contributed by atoms with van der Waals surface area (Å²) in [5.74, 6) is 2.50. The Balaban J connectivity index is 1.68. The summed E-state index contributed by atoms with van der Waals surface area (Å²) in [4.78, 5) is 2.51. The van der Waals surface area contributed by atoms with Crippen LogP contribution < -0.4 is 14.8 Å². The van der Waals surface area contributed by atoms with Crippen molar-refractivity contribution in [1.82, 2.24) is 10.2 Å². The van der Waals surface area contributed by atoms with Gasteiger partial charge in [0.1, 0.15) is 13.2 Å². The van der Waals surface area contributed by atoms with Crippen molar-refractivity contribution in [1.29, 1.82) is 0 Å². The standard InChI is InChI=1S/C15H21BrN2O2/c1-17-8-11-2-3-18(9-11)10-12-6-14-15(7-13(12)16)20-5-4-19-14/h6-7,11,17H,2-5,8-10H2,1H3. The third-order valence-corrected chi connectivity index (χ3v) is 4.71. The molecule has 4 nitrogen and oxygen atoms in total. The Morgan fingerprint density at radius 1 is 1.30 bits per heavy atom. The predicted molar refractivity (Wildman–Crippen MR) is 82.4 cm³/mol. The summed E-state index contributed by atoms with van der Waals surface area (Å²) >= 11 is 3.65. The minimum atomic E-state index is 0.636. The third-order valence-electron chi connectivity index (χ3n) is 3.97. The summed E-state index contributed by atoms with van der Waals surface area (Å²) in [5.41, 5.74) is 1.28. The third kappa shape index (κ3) is 3.10. The van der Waals surface area contributed by atoms with E-state index >= 15 is 0 Å².